The van der Waals surface area contributed by atoms with Crippen molar-refractivity contribution >= 4 is 21.8 Å². The smallest absolute Gasteiger partial charge is 0.149 e. The number of aryl methyl sites for hydroxylation is 1. The standard InChI is InChI=1S/C9H9NO2S/c1-6-5-10-13-9-3-2-7(11)4-8(9)12-6/h2-5,10-11H,1H3. The summed E-state index contributed by atoms with van der Waals surface area (Å²) in [6, 6.07) is 5.05. The molecule has 0 bridgehead atoms. The minimum Gasteiger partial charge on any atom is -0.508 e. The van der Waals surface area contributed by atoms with Gasteiger partial charge in [0.2, 0.25) is 0 Å². The molecule has 2 rings (SSSR count). The Morgan fingerprint density at radius 3 is 3.15 bits per heavy atom. The van der Waals surface area contributed by atoms with Gasteiger partial charge in [0, 0.05) is 12.3 Å². The number of benzene rings is 1. The lowest BCUT2D eigenvalue weighted by Gasteiger charge is -1.92. The van der Waals surface area contributed by atoms with Crippen LogP contribution in [0.5, 0.6) is 5.75 Å². The second-order valence-electron chi connectivity index (χ2n) is 2.71. The fraction of sp³-hybridized carbons (Fsp3) is 0.111. The van der Waals surface area contributed by atoms with Crippen molar-refractivity contribution in [2.75, 3.05) is 0 Å². The summed E-state index contributed by atoms with van der Waals surface area (Å²) in [5.74, 6) is 0.992. The molecule has 1 heterocycles. The molecule has 13 heavy (non-hydrogen) atoms. The van der Waals surface area contributed by atoms with Crippen LogP contribution in [0.4, 0.5) is 0 Å². The molecule has 0 radical (unpaired) electrons. The van der Waals surface area contributed by atoms with Crippen LogP contribution in [-0.4, -0.2) is 9.48 Å². The average molecular weight is 195 g/mol. The SMILES string of the molecule is Cc1c[nH]sc2ccc(O)cc2o1. The van der Waals surface area contributed by atoms with Gasteiger partial charge < -0.3 is 13.9 Å². The van der Waals surface area contributed by atoms with Gasteiger partial charge in [-0.1, -0.05) is 11.5 Å². The zero-order valence-corrected chi connectivity index (χ0v) is 7.89. The van der Waals surface area contributed by atoms with Crippen molar-refractivity contribution in [2.45, 2.75) is 6.92 Å². The largest absolute Gasteiger partial charge is 0.508 e. The lowest BCUT2D eigenvalue weighted by Crippen LogP contribution is -1.66. The van der Waals surface area contributed by atoms with Crippen molar-refractivity contribution in [3.63, 3.8) is 0 Å². The highest BCUT2D eigenvalue weighted by atomic mass is 32.1. The van der Waals surface area contributed by atoms with Gasteiger partial charge in [-0.25, -0.2) is 0 Å². The third-order valence-corrected chi connectivity index (χ3v) is 2.42. The van der Waals surface area contributed by atoms with E-state index in [4.69, 9.17) is 4.42 Å². The minimum absolute atomic E-state index is 0.217. The Morgan fingerprint density at radius 1 is 1.46 bits per heavy atom. The predicted octanol–water partition coefficient (Wildman–Crippen LogP) is 2.96. The highest BCUT2D eigenvalue weighted by molar-refractivity contribution is 7.12. The Hall–Kier alpha value is -1.42. The summed E-state index contributed by atoms with van der Waals surface area (Å²) in [6.45, 7) is 1.85. The summed E-state index contributed by atoms with van der Waals surface area (Å²) >= 11 is 1.46. The topological polar surface area (TPSA) is 49.2 Å². The molecule has 0 saturated carbocycles. The van der Waals surface area contributed by atoms with Crippen LogP contribution in [0.3, 0.4) is 0 Å². The number of aromatic hydroxyl groups is 1. The minimum atomic E-state index is 0.217. The molecule has 0 spiro atoms. The second-order valence-corrected chi connectivity index (χ2v) is 3.59. The van der Waals surface area contributed by atoms with Crippen molar-refractivity contribution in [1.29, 1.82) is 0 Å². The highest BCUT2D eigenvalue weighted by Gasteiger charge is 1.96. The van der Waals surface area contributed by atoms with Gasteiger partial charge >= 0.3 is 0 Å². The summed E-state index contributed by atoms with van der Waals surface area (Å²) in [6.07, 6.45) is 1.78. The summed E-state index contributed by atoms with van der Waals surface area (Å²) in [5.41, 5.74) is 0.684. The fourth-order valence-corrected chi connectivity index (χ4v) is 1.73. The van der Waals surface area contributed by atoms with Crippen LogP contribution in [0, 0.1) is 6.92 Å². The van der Waals surface area contributed by atoms with E-state index in [0.717, 1.165) is 10.5 Å². The molecule has 0 saturated heterocycles. The molecule has 68 valence electrons. The number of hydrogen-bond donors (Lipinski definition) is 2. The Morgan fingerprint density at radius 2 is 2.31 bits per heavy atom. The van der Waals surface area contributed by atoms with Gasteiger partial charge in [0.25, 0.3) is 0 Å². The molecule has 0 fully saturated rings. The zero-order chi connectivity index (χ0) is 9.26. The average Bonchev–Trinajstić information content (AvgIpc) is 2.25. The third-order valence-electron chi connectivity index (χ3n) is 1.63. The Bertz CT molecular complexity index is 465. The van der Waals surface area contributed by atoms with E-state index in [-0.39, 0.29) is 5.75 Å². The first-order chi connectivity index (χ1) is 6.25. The fourth-order valence-electron chi connectivity index (χ4n) is 1.04. The molecular formula is C9H9NO2S. The van der Waals surface area contributed by atoms with Crippen molar-refractivity contribution < 1.29 is 9.52 Å². The van der Waals surface area contributed by atoms with Crippen LogP contribution in [0.25, 0.3) is 10.3 Å². The van der Waals surface area contributed by atoms with Gasteiger partial charge in [0.05, 0.1) is 4.70 Å². The third kappa shape index (κ3) is 1.67. The number of rotatable bonds is 0. The molecule has 0 aliphatic heterocycles. The summed E-state index contributed by atoms with van der Waals surface area (Å²) in [7, 11) is 0. The Balaban J connectivity index is 2.86. The molecule has 0 amide bonds. The summed E-state index contributed by atoms with van der Waals surface area (Å²) < 4.78 is 9.44. The zero-order valence-electron chi connectivity index (χ0n) is 7.07. The predicted molar refractivity (Wildman–Crippen MR) is 52.5 cm³/mol. The molecular weight excluding hydrogens is 186 g/mol. The monoisotopic (exact) mass is 195 g/mol. The van der Waals surface area contributed by atoms with Crippen LogP contribution in [0.1, 0.15) is 5.76 Å². The molecule has 1 aromatic heterocycles. The summed E-state index contributed by atoms with van der Waals surface area (Å²) in [4.78, 5) is 0. The number of fused-ring (bicyclic) bond motifs is 1. The van der Waals surface area contributed by atoms with Crippen molar-refractivity contribution in [3.05, 3.63) is 30.2 Å². The van der Waals surface area contributed by atoms with Gasteiger partial charge in [-0.2, -0.15) is 0 Å². The van der Waals surface area contributed by atoms with Crippen LogP contribution in [-0.2, 0) is 0 Å². The normalized spacial score (nSPS) is 10.2. The Labute approximate surface area is 79.1 Å². The number of phenols is 1. The van der Waals surface area contributed by atoms with Crippen LogP contribution in [0.2, 0.25) is 0 Å². The first-order valence-electron chi connectivity index (χ1n) is 3.86. The number of phenolic OH excluding ortho intramolecular Hbond substituents is 1. The van der Waals surface area contributed by atoms with Gasteiger partial charge in [-0.3, -0.25) is 0 Å². The van der Waals surface area contributed by atoms with Crippen LogP contribution in [0.15, 0.2) is 28.8 Å². The maximum absolute atomic E-state index is 9.24. The second kappa shape index (κ2) is 3.14. The van der Waals surface area contributed by atoms with E-state index in [0.29, 0.717) is 5.58 Å². The van der Waals surface area contributed by atoms with Gasteiger partial charge in [0.1, 0.15) is 17.1 Å². The van der Waals surface area contributed by atoms with E-state index in [2.05, 4.69) is 4.37 Å². The summed E-state index contributed by atoms with van der Waals surface area (Å²) in [5, 5.41) is 9.24. The molecule has 1 aromatic carbocycles. The lowest BCUT2D eigenvalue weighted by molar-refractivity contribution is 0.473. The molecule has 0 unspecified atom stereocenters. The van der Waals surface area contributed by atoms with E-state index in [9.17, 15) is 5.11 Å². The molecule has 2 aromatic rings. The van der Waals surface area contributed by atoms with E-state index in [1.54, 1.807) is 18.3 Å². The van der Waals surface area contributed by atoms with E-state index in [1.165, 1.54) is 11.5 Å². The van der Waals surface area contributed by atoms with Gasteiger partial charge in [0.15, 0.2) is 0 Å². The van der Waals surface area contributed by atoms with E-state index < -0.39 is 0 Å². The number of nitrogens with one attached hydrogen (secondary N) is 1. The van der Waals surface area contributed by atoms with Gasteiger partial charge in [-0.05, 0) is 19.1 Å². The maximum Gasteiger partial charge on any atom is 0.149 e. The van der Waals surface area contributed by atoms with Crippen LogP contribution >= 0.6 is 11.5 Å². The van der Waals surface area contributed by atoms with Crippen molar-refractivity contribution in [3.8, 4) is 5.75 Å². The molecule has 3 nitrogen and oxygen atoms in total. The quantitative estimate of drug-likeness (QED) is 0.679. The lowest BCUT2D eigenvalue weighted by atomic mass is 10.3. The van der Waals surface area contributed by atoms with E-state index in [1.807, 2.05) is 13.0 Å². The Kier molecular flexibility index (Phi) is 1.98. The van der Waals surface area contributed by atoms with Crippen molar-refractivity contribution in [1.82, 2.24) is 4.37 Å². The molecule has 0 atom stereocenters. The van der Waals surface area contributed by atoms with Crippen LogP contribution < -0.4 is 0 Å². The van der Waals surface area contributed by atoms with Crippen molar-refractivity contribution in [2.24, 2.45) is 0 Å². The highest BCUT2D eigenvalue weighted by Crippen LogP contribution is 2.21. The number of hydrogen-bond acceptors (Lipinski definition) is 3. The van der Waals surface area contributed by atoms with E-state index >= 15 is 0 Å². The number of aromatic amines is 1. The van der Waals surface area contributed by atoms with Gasteiger partial charge in [-0.15, -0.1) is 0 Å². The first-order valence-corrected chi connectivity index (χ1v) is 4.67. The first kappa shape index (κ1) is 8.19. The molecule has 2 N–H and O–H groups in total. The number of aromatic nitrogens is 1. The molecule has 0 aliphatic rings. The molecule has 4 heteroatoms. The number of H-pyrrole nitrogens is 1. The maximum atomic E-state index is 9.24. The molecule has 0 aliphatic carbocycles.